The maximum absolute atomic E-state index is 13.0. The Bertz CT molecular complexity index is 1130. The Morgan fingerprint density at radius 2 is 1.66 bits per heavy atom. The van der Waals surface area contributed by atoms with Gasteiger partial charge in [0.15, 0.2) is 11.5 Å². The zero-order valence-corrected chi connectivity index (χ0v) is 15.3. The van der Waals surface area contributed by atoms with Crippen LogP contribution in [0.1, 0.15) is 6.92 Å². The minimum atomic E-state index is -0.337. The van der Waals surface area contributed by atoms with Crippen LogP contribution in [0, 0.1) is 5.82 Å². The second kappa shape index (κ2) is 7.85. The van der Waals surface area contributed by atoms with Gasteiger partial charge >= 0.3 is 0 Å². The minimum absolute atomic E-state index is 0.129. The van der Waals surface area contributed by atoms with Gasteiger partial charge in [0.2, 0.25) is 11.7 Å². The van der Waals surface area contributed by atoms with Crippen LogP contribution in [0.25, 0.3) is 23.0 Å². The molecule has 0 unspecified atom stereocenters. The molecule has 2 heterocycles. The molecule has 2 N–H and O–H groups in total. The average Bonchev–Trinajstić information content (AvgIpc) is 3.20. The van der Waals surface area contributed by atoms with Crippen LogP contribution in [0.3, 0.4) is 0 Å². The van der Waals surface area contributed by atoms with E-state index in [2.05, 4.69) is 31.0 Å². The van der Waals surface area contributed by atoms with Crippen LogP contribution in [0.2, 0.25) is 0 Å². The summed E-state index contributed by atoms with van der Waals surface area (Å²) in [6, 6.07) is 16.4. The van der Waals surface area contributed by atoms with E-state index in [9.17, 15) is 9.18 Å². The van der Waals surface area contributed by atoms with Crippen molar-refractivity contribution in [1.82, 2.24) is 20.3 Å². The lowest BCUT2D eigenvalue weighted by atomic mass is 10.2. The quantitative estimate of drug-likeness (QED) is 0.530. The van der Waals surface area contributed by atoms with E-state index in [4.69, 9.17) is 4.52 Å². The fourth-order valence-electron chi connectivity index (χ4n) is 2.54. The maximum Gasteiger partial charge on any atom is 0.278 e. The number of halogens is 1. The van der Waals surface area contributed by atoms with Gasteiger partial charge < -0.3 is 15.2 Å². The van der Waals surface area contributed by atoms with Crippen molar-refractivity contribution in [2.24, 2.45) is 0 Å². The van der Waals surface area contributed by atoms with Crippen molar-refractivity contribution in [3.8, 4) is 23.0 Å². The van der Waals surface area contributed by atoms with Crippen LogP contribution < -0.4 is 10.6 Å². The zero-order valence-electron chi connectivity index (χ0n) is 15.3. The lowest BCUT2D eigenvalue weighted by Gasteiger charge is -2.06. The Morgan fingerprint density at radius 3 is 2.31 bits per heavy atom. The molecule has 0 saturated carbocycles. The largest absolute Gasteiger partial charge is 0.339 e. The van der Waals surface area contributed by atoms with Crippen LogP contribution in [-0.4, -0.2) is 26.2 Å². The summed E-state index contributed by atoms with van der Waals surface area (Å²) in [6.07, 6.45) is 0. The standard InChI is InChI=1S/C20H15FN6O2/c1-12(28)22-15-6-8-16(9-7-15)23-18-11-10-17(25-26-18)20-24-19(27-29-20)13-2-4-14(21)5-3-13/h2-11H,1H3,(H,22,28)(H,23,26). The summed E-state index contributed by atoms with van der Waals surface area (Å²) in [5.41, 5.74) is 2.54. The van der Waals surface area contributed by atoms with Crippen molar-refractivity contribution in [3.05, 3.63) is 66.5 Å². The number of nitrogens with zero attached hydrogens (tertiary/aromatic N) is 4. The van der Waals surface area contributed by atoms with E-state index >= 15 is 0 Å². The minimum Gasteiger partial charge on any atom is -0.339 e. The summed E-state index contributed by atoms with van der Waals surface area (Å²) < 4.78 is 18.3. The summed E-state index contributed by atoms with van der Waals surface area (Å²) >= 11 is 0. The van der Waals surface area contributed by atoms with E-state index < -0.39 is 0 Å². The second-order valence-corrected chi connectivity index (χ2v) is 6.12. The molecule has 29 heavy (non-hydrogen) atoms. The summed E-state index contributed by atoms with van der Waals surface area (Å²) in [7, 11) is 0. The molecule has 0 saturated heterocycles. The smallest absolute Gasteiger partial charge is 0.278 e. The highest BCUT2D eigenvalue weighted by molar-refractivity contribution is 5.88. The molecular formula is C20H15FN6O2. The third kappa shape index (κ3) is 4.41. The average molecular weight is 390 g/mol. The molecule has 0 radical (unpaired) electrons. The van der Waals surface area contributed by atoms with Gasteiger partial charge in [0.1, 0.15) is 5.82 Å². The number of carbonyl (C=O) groups is 1. The first-order valence-electron chi connectivity index (χ1n) is 8.65. The summed E-state index contributed by atoms with van der Waals surface area (Å²) in [6.45, 7) is 1.45. The molecule has 0 aliphatic rings. The Labute approximate surface area is 164 Å². The van der Waals surface area contributed by atoms with Gasteiger partial charge in [0.25, 0.3) is 5.89 Å². The monoisotopic (exact) mass is 390 g/mol. The Morgan fingerprint density at radius 1 is 0.931 bits per heavy atom. The molecule has 0 spiro atoms. The number of hydrogen-bond acceptors (Lipinski definition) is 7. The molecule has 144 valence electrons. The van der Waals surface area contributed by atoms with Crippen LogP contribution in [0.5, 0.6) is 0 Å². The van der Waals surface area contributed by atoms with E-state index in [0.29, 0.717) is 28.6 Å². The van der Waals surface area contributed by atoms with E-state index in [-0.39, 0.29) is 17.6 Å². The molecule has 9 heteroatoms. The van der Waals surface area contributed by atoms with Crippen LogP contribution in [-0.2, 0) is 4.79 Å². The molecule has 1 amide bonds. The van der Waals surface area contributed by atoms with Crippen LogP contribution in [0.15, 0.2) is 65.2 Å². The summed E-state index contributed by atoms with van der Waals surface area (Å²) in [4.78, 5) is 15.3. The maximum atomic E-state index is 13.0. The Hall–Kier alpha value is -4.14. The van der Waals surface area contributed by atoms with E-state index in [1.807, 2.05) is 12.1 Å². The molecule has 2 aromatic carbocycles. The van der Waals surface area contributed by atoms with Crippen molar-refractivity contribution in [2.45, 2.75) is 6.92 Å². The van der Waals surface area contributed by atoms with Crippen molar-refractivity contribution < 1.29 is 13.7 Å². The number of carbonyl (C=O) groups excluding carboxylic acids is 1. The predicted octanol–water partition coefficient (Wildman–Crippen LogP) is 4.03. The van der Waals surface area contributed by atoms with E-state index in [0.717, 1.165) is 5.69 Å². The SMILES string of the molecule is CC(=O)Nc1ccc(Nc2ccc(-c3nc(-c4ccc(F)cc4)no3)nn2)cc1. The van der Waals surface area contributed by atoms with Gasteiger partial charge in [-0.2, -0.15) is 4.98 Å². The van der Waals surface area contributed by atoms with Gasteiger partial charge in [-0.3, -0.25) is 4.79 Å². The van der Waals surface area contributed by atoms with Gasteiger partial charge in [-0.25, -0.2) is 4.39 Å². The Kier molecular flexibility index (Phi) is 4.93. The van der Waals surface area contributed by atoms with Gasteiger partial charge in [-0.05, 0) is 60.7 Å². The first-order chi connectivity index (χ1) is 14.1. The number of benzene rings is 2. The van der Waals surface area contributed by atoms with E-state index in [1.165, 1.54) is 19.1 Å². The molecule has 0 atom stereocenters. The number of hydrogen-bond donors (Lipinski definition) is 2. The number of aromatic nitrogens is 4. The molecule has 0 fully saturated rings. The highest BCUT2D eigenvalue weighted by atomic mass is 19.1. The summed E-state index contributed by atoms with van der Waals surface area (Å²) in [5.74, 6) is 0.609. The first kappa shape index (κ1) is 18.2. The van der Waals surface area contributed by atoms with Crippen LogP contribution in [0.4, 0.5) is 21.6 Å². The molecular weight excluding hydrogens is 375 g/mol. The van der Waals surface area contributed by atoms with Crippen molar-refractivity contribution in [3.63, 3.8) is 0 Å². The third-order valence-corrected chi connectivity index (χ3v) is 3.89. The zero-order chi connectivity index (χ0) is 20.2. The van der Waals surface area contributed by atoms with Gasteiger partial charge in [0, 0.05) is 23.9 Å². The number of anilines is 3. The molecule has 0 aliphatic heterocycles. The molecule has 0 aliphatic carbocycles. The molecule has 8 nitrogen and oxygen atoms in total. The third-order valence-electron chi connectivity index (χ3n) is 3.89. The second-order valence-electron chi connectivity index (χ2n) is 6.12. The summed E-state index contributed by atoms with van der Waals surface area (Å²) in [5, 5.41) is 17.9. The van der Waals surface area contributed by atoms with Crippen molar-refractivity contribution in [1.29, 1.82) is 0 Å². The Balaban J connectivity index is 1.45. The molecule has 4 rings (SSSR count). The highest BCUT2D eigenvalue weighted by Crippen LogP contribution is 2.22. The van der Waals surface area contributed by atoms with Crippen molar-refractivity contribution >= 4 is 23.1 Å². The topological polar surface area (TPSA) is 106 Å². The molecule has 4 aromatic rings. The molecule has 0 bridgehead atoms. The first-order valence-corrected chi connectivity index (χ1v) is 8.65. The molecule has 2 aromatic heterocycles. The normalized spacial score (nSPS) is 10.6. The predicted molar refractivity (Wildman–Crippen MR) is 105 cm³/mol. The highest BCUT2D eigenvalue weighted by Gasteiger charge is 2.12. The fraction of sp³-hybridized carbons (Fsp3) is 0.0500. The van der Waals surface area contributed by atoms with Gasteiger partial charge in [-0.1, -0.05) is 5.16 Å². The van der Waals surface area contributed by atoms with Gasteiger partial charge in [-0.15, -0.1) is 10.2 Å². The fourth-order valence-corrected chi connectivity index (χ4v) is 2.54. The van der Waals surface area contributed by atoms with Crippen molar-refractivity contribution in [2.75, 3.05) is 10.6 Å². The lowest BCUT2D eigenvalue weighted by Crippen LogP contribution is -2.05. The van der Waals surface area contributed by atoms with E-state index in [1.54, 1.807) is 36.4 Å². The van der Waals surface area contributed by atoms with Gasteiger partial charge in [0.05, 0.1) is 0 Å². The number of rotatable bonds is 5. The number of amides is 1. The lowest BCUT2D eigenvalue weighted by molar-refractivity contribution is -0.114. The van der Waals surface area contributed by atoms with Crippen LogP contribution >= 0.6 is 0 Å². The number of nitrogens with one attached hydrogen (secondary N) is 2.